The number of aliphatic hydroxyl groups excluding tert-OH is 1. The molecule has 1 aromatic heterocycles. The Bertz CT molecular complexity index is 578. The maximum atomic E-state index is 9.47. The molecule has 1 aromatic carbocycles. The van der Waals surface area contributed by atoms with Crippen LogP contribution in [0.4, 0.5) is 0 Å². The molecule has 0 spiro atoms. The van der Waals surface area contributed by atoms with Crippen LogP contribution in [-0.2, 0) is 0 Å². The maximum absolute atomic E-state index is 9.47. The third-order valence-electron chi connectivity index (χ3n) is 3.78. The van der Waals surface area contributed by atoms with Gasteiger partial charge in [0.05, 0.1) is 12.1 Å². The average molecular weight is 258 g/mol. The lowest BCUT2D eigenvalue weighted by molar-refractivity contribution is 0.117. The van der Waals surface area contributed by atoms with Gasteiger partial charge in [0.1, 0.15) is 17.9 Å². The summed E-state index contributed by atoms with van der Waals surface area (Å²) < 4.78 is 5.83. The quantitative estimate of drug-likeness (QED) is 0.856. The number of nitrogens with two attached hydrogens (primary N) is 1. The number of fused-ring (bicyclic) bond motifs is 1. The predicted octanol–water partition coefficient (Wildman–Crippen LogP) is 1.71. The summed E-state index contributed by atoms with van der Waals surface area (Å²) in [6.07, 6.45) is 3.90. The SMILES string of the molecule is NC(CO)(COc1cccc2cccnc12)C1CC1. The molecule has 19 heavy (non-hydrogen) atoms. The highest BCUT2D eigenvalue weighted by molar-refractivity contribution is 5.84. The number of ether oxygens (including phenoxy) is 1. The van der Waals surface area contributed by atoms with Crippen molar-refractivity contribution in [1.82, 2.24) is 4.98 Å². The molecule has 1 fully saturated rings. The molecule has 0 radical (unpaired) electrons. The van der Waals surface area contributed by atoms with Crippen molar-refractivity contribution in [1.29, 1.82) is 0 Å². The Kier molecular flexibility index (Phi) is 3.12. The normalized spacial score (nSPS) is 18.2. The number of hydrogen-bond donors (Lipinski definition) is 2. The third-order valence-corrected chi connectivity index (χ3v) is 3.78. The largest absolute Gasteiger partial charge is 0.489 e. The number of aromatic nitrogens is 1. The van der Waals surface area contributed by atoms with Crippen LogP contribution < -0.4 is 10.5 Å². The zero-order chi connectivity index (χ0) is 13.3. The van der Waals surface area contributed by atoms with Crippen molar-refractivity contribution in [3.63, 3.8) is 0 Å². The first-order valence-electron chi connectivity index (χ1n) is 6.59. The van der Waals surface area contributed by atoms with Crippen LogP contribution in [0.25, 0.3) is 10.9 Å². The lowest BCUT2D eigenvalue weighted by Gasteiger charge is -2.27. The zero-order valence-electron chi connectivity index (χ0n) is 10.7. The molecule has 1 aliphatic carbocycles. The van der Waals surface area contributed by atoms with Crippen molar-refractivity contribution >= 4 is 10.9 Å². The summed E-state index contributed by atoms with van der Waals surface area (Å²) in [7, 11) is 0. The molecule has 3 N–H and O–H groups in total. The van der Waals surface area contributed by atoms with E-state index in [0.717, 1.165) is 29.5 Å². The monoisotopic (exact) mass is 258 g/mol. The Morgan fingerprint density at radius 1 is 1.32 bits per heavy atom. The molecule has 0 saturated heterocycles. The summed E-state index contributed by atoms with van der Waals surface area (Å²) in [5.74, 6) is 1.10. The highest BCUT2D eigenvalue weighted by Crippen LogP contribution is 2.38. The van der Waals surface area contributed by atoms with E-state index in [1.54, 1.807) is 6.20 Å². The molecule has 0 bridgehead atoms. The van der Waals surface area contributed by atoms with Gasteiger partial charge in [-0.3, -0.25) is 4.98 Å². The van der Waals surface area contributed by atoms with E-state index in [0.29, 0.717) is 12.5 Å². The highest BCUT2D eigenvalue weighted by atomic mass is 16.5. The van der Waals surface area contributed by atoms with E-state index in [1.165, 1.54) is 0 Å². The molecule has 1 saturated carbocycles. The van der Waals surface area contributed by atoms with Gasteiger partial charge < -0.3 is 15.6 Å². The first-order chi connectivity index (χ1) is 9.23. The predicted molar refractivity (Wildman–Crippen MR) is 74.0 cm³/mol. The molecule has 100 valence electrons. The zero-order valence-corrected chi connectivity index (χ0v) is 10.7. The van der Waals surface area contributed by atoms with Crippen LogP contribution in [0.1, 0.15) is 12.8 Å². The number of benzene rings is 1. The van der Waals surface area contributed by atoms with Crippen molar-refractivity contribution < 1.29 is 9.84 Å². The molecule has 1 aliphatic rings. The fraction of sp³-hybridized carbons (Fsp3) is 0.400. The van der Waals surface area contributed by atoms with Crippen LogP contribution in [0.2, 0.25) is 0 Å². The van der Waals surface area contributed by atoms with Gasteiger partial charge in [0.2, 0.25) is 0 Å². The lowest BCUT2D eigenvalue weighted by atomic mass is 9.97. The number of aliphatic hydroxyl groups is 1. The fourth-order valence-electron chi connectivity index (χ4n) is 2.36. The van der Waals surface area contributed by atoms with Gasteiger partial charge in [0.15, 0.2) is 0 Å². The van der Waals surface area contributed by atoms with Gasteiger partial charge in [-0.15, -0.1) is 0 Å². The molecule has 4 nitrogen and oxygen atoms in total. The Morgan fingerprint density at radius 3 is 2.84 bits per heavy atom. The van der Waals surface area contributed by atoms with E-state index in [-0.39, 0.29) is 6.61 Å². The van der Waals surface area contributed by atoms with Gasteiger partial charge in [0.25, 0.3) is 0 Å². The Labute approximate surface area is 112 Å². The Hall–Kier alpha value is -1.65. The van der Waals surface area contributed by atoms with Crippen molar-refractivity contribution in [2.24, 2.45) is 11.7 Å². The second-order valence-corrected chi connectivity index (χ2v) is 5.29. The van der Waals surface area contributed by atoms with E-state index >= 15 is 0 Å². The molecule has 1 unspecified atom stereocenters. The van der Waals surface area contributed by atoms with Crippen molar-refractivity contribution in [3.8, 4) is 5.75 Å². The minimum atomic E-state index is -0.628. The van der Waals surface area contributed by atoms with Gasteiger partial charge in [-0.25, -0.2) is 0 Å². The van der Waals surface area contributed by atoms with Crippen LogP contribution in [0.5, 0.6) is 5.75 Å². The van der Waals surface area contributed by atoms with Gasteiger partial charge in [0, 0.05) is 11.6 Å². The van der Waals surface area contributed by atoms with E-state index in [9.17, 15) is 5.11 Å². The molecule has 2 aromatic rings. The number of hydrogen-bond acceptors (Lipinski definition) is 4. The summed E-state index contributed by atoms with van der Waals surface area (Å²) in [6.45, 7) is 0.277. The standard InChI is InChI=1S/C15H18N2O2/c16-15(9-18,12-6-7-12)10-19-13-5-1-3-11-4-2-8-17-14(11)13/h1-5,8,12,18H,6-7,9-10,16H2. The molecule has 4 heteroatoms. The van der Waals surface area contributed by atoms with Crippen LogP contribution in [0, 0.1) is 5.92 Å². The minimum absolute atomic E-state index is 0.0458. The number of nitrogens with zero attached hydrogens (tertiary/aromatic N) is 1. The van der Waals surface area contributed by atoms with E-state index in [1.807, 2.05) is 30.3 Å². The molecule has 0 aliphatic heterocycles. The van der Waals surface area contributed by atoms with Crippen LogP contribution >= 0.6 is 0 Å². The average Bonchev–Trinajstić information content (AvgIpc) is 3.30. The van der Waals surface area contributed by atoms with E-state index in [4.69, 9.17) is 10.5 Å². The summed E-state index contributed by atoms with van der Waals surface area (Å²) in [6, 6.07) is 9.72. The lowest BCUT2D eigenvalue weighted by Crippen LogP contribution is -2.51. The first kappa shape index (κ1) is 12.4. The molecular formula is C15H18N2O2. The second kappa shape index (κ2) is 4.79. The molecule has 0 amide bonds. The van der Waals surface area contributed by atoms with Crippen LogP contribution in [-0.4, -0.2) is 28.8 Å². The Morgan fingerprint density at radius 2 is 2.11 bits per heavy atom. The topological polar surface area (TPSA) is 68.4 Å². The minimum Gasteiger partial charge on any atom is -0.489 e. The second-order valence-electron chi connectivity index (χ2n) is 5.29. The van der Waals surface area contributed by atoms with Gasteiger partial charge in [-0.05, 0) is 30.9 Å². The van der Waals surface area contributed by atoms with Gasteiger partial charge >= 0.3 is 0 Å². The smallest absolute Gasteiger partial charge is 0.145 e. The van der Waals surface area contributed by atoms with Crippen LogP contribution in [0.15, 0.2) is 36.5 Å². The summed E-state index contributed by atoms with van der Waals surface area (Å²) in [5, 5.41) is 10.5. The third kappa shape index (κ3) is 2.41. The van der Waals surface area contributed by atoms with E-state index < -0.39 is 5.54 Å². The van der Waals surface area contributed by atoms with Crippen molar-refractivity contribution in [2.45, 2.75) is 18.4 Å². The number of rotatable bonds is 5. The number of pyridine rings is 1. The van der Waals surface area contributed by atoms with Gasteiger partial charge in [-0.1, -0.05) is 18.2 Å². The molecule has 3 rings (SSSR count). The molecule has 1 heterocycles. The molecule has 1 atom stereocenters. The Balaban J connectivity index is 1.81. The summed E-state index contributed by atoms with van der Waals surface area (Å²) in [4.78, 5) is 4.34. The van der Waals surface area contributed by atoms with E-state index in [2.05, 4.69) is 4.98 Å². The first-order valence-corrected chi connectivity index (χ1v) is 6.59. The fourth-order valence-corrected chi connectivity index (χ4v) is 2.36. The molecular weight excluding hydrogens is 240 g/mol. The summed E-state index contributed by atoms with van der Waals surface area (Å²) >= 11 is 0. The summed E-state index contributed by atoms with van der Waals surface area (Å²) in [5.41, 5.74) is 6.41. The van der Waals surface area contributed by atoms with Gasteiger partial charge in [-0.2, -0.15) is 0 Å². The van der Waals surface area contributed by atoms with Crippen LogP contribution in [0.3, 0.4) is 0 Å². The maximum Gasteiger partial charge on any atom is 0.145 e. The van der Waals surface area contributed by atoms with Crippen molar-refractivity contribution in [2.75, 3.05) is 13.2 Å². The number of para-hydroxylation sites is 1. The van der Waals surface area contributed by atoms with Crippen molar-refractivity contribution in [3.05, 3.63) is 36.5 Å². The highest BCUT2D eigenvalue weighted by Gasteiger charge is 2.42.